The molecule has 0 amide bonds. The Morgan fingerprint density at radius 2 is 1.74 bits per heavy atom. The van der Waals surface area contributed by atoms with Crippen molar-refractivity contribution in [2.45, 2.75) is 12.5 Å². The van der Waals surface area contributed by atoms with Crippen LogP contribution in [0.15, 0.2) is 59.6 Å². The van der Waals surface area contributed by atoms with E-state index in [1.54, 1.807) is 13.1 Å². The van der Waals surface area contributed by atoms with Gasteiger partial charge in [-0.05, 0) is 18.6 Å². The molecule has 0 saturated heterocycles. The van der Waals surface area contributed by atoms with E-state index in [1.165, 1.54) is 0 Å². The minimum absolute atomic E-state index is 0.652. The molecule has 0 fully saturated rings. The maximum atomic E-state index is 9.39. The van der Waals surface area contributed by atoms with Crippen LogP contribution in [-0.4, -0.2) is 6.21 Å². The number of hydrogen-bond donors (Lipinski definition) is 1. The lowest BCUT2D eigenvalue weighted by Gasteiger charge is -2.16. The van der Waals surface area contributed by atoms with Crippen LogP contribution in [-0.2, 0) is 5.54 Å². The van der Waals surface area contributed by atoms with Crippen molar-refractivity contribution in [1.29, 1.82) is 5.26 Å². The minimum Gasteiger partial charge on any atom is -0.398 e. The smallest absolute Gasteiger partial charge is 0.168 e. The Hall–Kier alpha value is -2.60. The number of rotatable bonds is 3. The third-order valence-electron chi connectivity index (χ3n) is 3.01. The molecule has 2 N–H and O–H groups in total. The number of benzene rings is 2. The zero-order valence-electron chi connectivity index (χ0n) is 10.7. The van der Waals surface area contributed by atoms with Crippen molar-refractivity contribution in [2.24, 2.45) is 4.99 Å². The molecule has 0 aromatic heterocycles. The summed E-state index contributed by atoms with van der Waals surface area (Å²) in [5, 5.41) is 9.39. The van der Waals surface area contributed by atoms with Crippen LogP contribution in [0.3, 0.4) is 0 Å². The van der Waals surface area contributed by atoms with Gasteiger partial charge in [0.25, 0.3) is 0 Å². The van der Waals surface area contributed by atoms with Gasteiger partial charge in [-0.2, -0.15) is 5.26 Å². The first-order valence-electron chi connectivity index (χ1n) is 6.02. The topological polar surface area (TPSA) is 62.2 Å². The van der Waals surface area contributed by atoms with Gasteiger partial charge in [0.05, 0.1) is 6.07 Å². The molecular formula is C16H15N3. The molecule has 0 spiro atoms. The van der Waals surface area contributed by atoms with Gasteiger partial charge in [-0.1, -0.05) is 48.5 Å². The standard InChI is InChI=1S/C16H15N3/c1-16(12-17,14-8-3-2-4-9-14)19-11-13-7-5-6-10-15(13)18/h2-11H,18H2,1H3. The minimum atomic E-state index is -0.899. The second-order valence-electron chi connectivity index (χ2n) is 4.44. The Morgan fingerprint density at radius 3 is 2.37 bits per heavy atom. The average molecular weight is 249 g/mol. The molecule has 0 aliphatic rings. The molecule has 3 nitrogen and oxygen atoms in total. The van der Waals surface area contributed by atoms with Crippen molar-refractivity contribution >= 4 is 11.9 Å². The fourth-order valence-corrected chi connectivity index (χ4v) is 1.76. The van der Waals surface area contributed by atoms with Crippen LogP contribution < -0.4 is 5.73 Å². The highest BCUT2D eigenvalue weighted by molar-refractivity contribution is 5.87. The van der Waals surface area contributed by atoms with E-state index in [-0.39, 0.29) is 0 Å². The molecule has 0 saturated carbocycles. The molecule has 0 heterocycles. The Labute approximate surface area is 113 Å². The lowest BCUT2D eigenvalue weighted by molar-refractivity contribution is 0.654. The van der Waals surface area contributed by atoms with Crippen LogP contribution in [0.1, 0.15) is 18.1 Å². The number of hydrogen-bond acceptors (Lipinski definition) is 3. The van der Waals surface area contributed by atoms with E-state index >= 15 is 0 Å². The van der Waals surface area contributed by atoms with Crippen molar-refractivity contribution < 1.29 is 0 Å². The summed E-state index contributed by atoms with van der Waals surface area (Å²) in [5.74, 6) is 0. The van der Waals surface area contributed by atoms with E-state index in [4.69, 9.17) is 5.73 Å². The summed E-state index contributed by atoms with van der Waals surface area (Å²) in [6.45, 7) is 1.79. The van der Waals surface area contributed by atoms with E-state index in [9.17, 15) is 5.26 Å². The quantitative estimate of drug-likeness (QED) is 0.671. The molecule has 0 aliphatic carbocycles. The molecule has 94 valence electrons. The number of para-hydroxylation sites is 1. The summed E-state index contributed by atoms with van der Waals surface area (Å²) in [4.78, 5) is 4.41. The van der Waals surface area contributed by atoms with Crippen LogP contribution in [0.25, 0.3) is 0 Å². The van der Waals surface area contributed by atoms with Gasteiger partial charge in [0, 0.05) is 17.5 Å². The van der Waals surface area contributed by atoms with Gasteiger partial charge < -0.3 is 5.73 Å². The number of nitrogens with zero attached hydrogens (tertiary/aromatic N) is 2. The Kier molecular flexibility index (Phi) is 3.63. The van der Waals surface area contributed by atoms with Crippen molar-refractivity contribution in [3.63, 3.8) is 0 Å². The molecule has 2 aromatic rings. The van der Waals surface area contributed by atoms with Gasteiger partial charge in [-0.3, -0.25) is 4.99 Å². The van der Waals surface area contributed by atoms with Gasteiger partial charge in [-0.15, -0.1) is 0 Å². The molecule has 2 rings (SSSR count). The van der Waals surface area contributed by atoms with Crippen LogP contribution >= 0.6 is 0 Å². The number of nitrogen functional groups attached to an aromatic ring is 1. The summed E-state index contributed by atoms with van der Waals surface area (Å²) in [7, 11) is 0. The van der Waals surface area contributed by atoms with Crippen LogP contribution in [0.2, 0.25) is 0 Å². The second kappa shape index (κ2) is 5.36. The second-order valence-corrected chi connectivity index (χ2v) is 4.44. The van der Waals surface area contributed by atoms with E-state index < -0.39 is 5.54 Å². The predicted octanol–water partition coefficient (Wildman–Crippen LogP) is 3.13. The molecule has 19 heavy (non-hydrogen) atoms. The van der Waals surface area contributed by atoms with Gasteiger partial charge in [0.15, 0.2) is 5.54 Å². The number of aliphatic imine (C=N–C) groups is 1. The number of nitrogens with two attached hydrogens (primary N) is 1. The van der Waals surface area contributed by atoms with E-state index in [0.29, 0.717) is 5.69 Å². The summed E-state index contributed by atoms with van der Waals surface area (Å²) >= 11 is 0. The highest BCUT2D eigenvalue weighted by atomic mass is 14.8. The van der Waals surface area contributed by atoms with Gasteiger partial charge >= 0.3 is 0 Å². The van der Waals surface area contributed by atoms with Gasteiger partial charge in [-0.25, -0.2) is 0 Å². The van der Waals surface area contributed by atoms with Crippen LogP contribution in [0, 0.1) is 11.3 Å². The Balaban J connectivity index is 2.35. The first-order valence-corrected chi connectivity index (χ1v) is 6.02. The molecule has 0 radical (unpaired) electrons. The summed E-state index contributed by atoms with van der Waals surface area (Å²) in [6, 6.07) is 19.2. The molecule has 1 atom stereocenters. The lowest BCUT2D eigenvalue weighted by Crippen LogP contribution is -2.16. The molecule has 0 aliphatic heterocycles. The Morgan fingerprint density at radius 1 is 1.11 bits per heavy atom. The predicted molar refractivity (Wildman–Crippen MR) is 77.9 cm³/mol. The van der Waals surface area contributed by atoms with Gasteiger partial charge in [0.1, 0.15) is 0 Å². The molecule has 3 heteroatoms. The summed E-state index contributed by atoms with van der Waals surface area (Å²) in [5.41, 5.74) is 7.29. The zero-order chi connectivity index (χ0) is 13.7. The molecule has 1 unspecified atom stereocenters. The third kappa shape index (κ3) is 2.80. The van der Waals surface area contributed by atoms with Crippen molar-refractivity contribution in [3.05, 3.63) is 65.7 Å². The largest absolute Gasteiger partial charge is 0.398 e. The lowest BCUT2D eigenvalue weighted by atomic mass is 9.94. The average Bonchev–Trinajstić information content (AvgIpc) is 2.47. The molecule has 2 aromatic carbocycles. The number of nitriles is 1. The highest BCUT2D eigenvalue weighted by Crippen LogP contribution is 2.24. The van der Waals surface area contributed by atoms with Crippen LogP contribution in [0.4, 0.5) is 5.69 Å². The third-order valence-corrected chi connectivity index (χ3v) is 3.01. The maximum Gasteiger partial charge on any atom is 0.168 e. The van der Waals surface area contributed by atoms with Crippen LogP contribution in [0.5, 0.6) is 0 Å². The van der Waals surface area contributed by atoms with E-state index in [1.807, 2.05) is 54.6 Å². The van der Waals surface area contributed by atoms with Gasteiger partial charge in [0.2, 0.25) is 0 Å². The van der Waals surface area contributed by atoms with E-state index in [2.05, 4.69) is 11.1 Å². The fourth-order valence-electron chi connectivity index (χ4n) is 1.76. The summed E-state index contributed by atoms with van der Waals surface area (Å²) in [6.07, 6.45) is 1.66. The number of anilines is 1. The first kappa shape index (κ1) is 12.8. The monoisotopic (exact) mass is 249 g/mol. The normalized spacial score (nSPS) is 13.9. The SMILES string of the molecule is CC(C#N)(N=Cc1ccccc1N)c1ccccc1. The molecular weight excluding hydrogens is 234 g/mol. The zero-order valence-corrected chi connectivity index (χ0v) is 10.7. The summed E-state index contributed by atoms with van der Waals surface area (Å²) < 4.78 is 0. The van der Waals surface area contributed by atoms with Crippen molar-refractivity contribution in [1.82, 2.24) is 0 Å². The first-order chi connectivity index (χ1) is 9.15. The maximum absolute atomic E-state index is 9.39. The Bertz CT molecular complexity index is 626. The van der Waals surface area contributed by atoms with Crippen molar-refractivity contribution in [2.75, 3.05) is 5.73 Å². The van der Waals surface area contributed by atoms with E-state index in [0.717, 1.165) is 11.1 Å². The fraction of sp³-hybridized carbons (Fsp3) is 0.125. The highest BCUT2D eigenvalue weighted by Gasteiger charge is 2.24. The van der Waals surface area contributed by atoms with Crippen molar-refractivity contribution in [3.8, 4) is 6.07 Å². The molecule has 0 bridgehead atoms.